The van der Waals surface area contributed by atoms with Gasteiger partial charge in [0.15, 0.2) is 0 Å². The molecule has 1 aliphatic heterocycles. The van der Waals surface area contributed by atoms with Gasteiger partial charge in [-0.1, -0.05) is 13.3 Å². The summed E-state index contributed by atoms with van der Waals surface area (Å²) in [5.74, 6) is -0.384. The molecule has 1 atom stereocenters. The summed E-state index contributed by atoms with van der Waals surface area (Å²) < 4.78 is 4.82. The van der Waals surface area contributed by atoms with Crippen LogP contribution >= 0.6 is 0 Å². The van der Waals surface area contributed by atoms with Gasteiger partial charge in [0.1, 0.15) is 6.61 Å². The average molecular weight is 244 g/mol. The first-order chi connectivity index (χ1) is 8.13. The number of carboxylic acids is 1. The van der Waals surface area contributed by atoms with Gasteiger partial charge < -0.3 is 20.1 Å². The number of rotatable bonds is 6. The number of nitrogens with one attached hydrogen (secondary N) is 1. The number of carbonyl (C=O) groups is 2. The number of hydrogen-bond donors (Lipinski definition) is 2. The first-order valence-corrected chi connectivity index (χ1v) is 5.95. The monoisotopic (exact) mass is 244 g/mol. The summed E-state index contributed by atoms with van der Waals surface area (Å²) in [4.78, 5) is 23.6. The summed E-state index contributed by atoms with van der Waals surface area (Å²) in [5.41, 5.74) is 0. The number of amides is 2. The predicted molar refractivity (Wildman–Crippen MR) is 61.8 cm³/mol. The van der Waals surface area contributed by atoms with E-state index in [0.717, 1.165) is 25.9 Å². The molecule has 0 aromatic rings. The van der Waals surface area contributed by atoms with E-state index in [9.17, 15) is 9.59 Å². The molecular formula is C11H20N2O4. The third kappa shape index (κ3) is 5.04. The maximum Gasteiger partial charge on any atom is 0.329 e. The highest BCUT2D eigenvalue weighted by Crippen LogP contribution is 2.18. The molecule has 1 saturated heterocycles. The number of hydrogen-bond acceptors (Lipinski definition) is 3. The first kappa shape index (κ1) is 13.8. The molecule has 98 valence electrons. The lowest BCUT2D eigenvalue weighted by Crippen LogP contribution is -2.40. The summed E-state index contributed by atoms with van der Waals surface area (Å²) in [6.45, 7) is 4.00. The predicted octanol–water partition coefficient (Wildman–Crippen LogP) is 0.529. The average Bonchev–Trinajstić information content (AvgIpc) is 2.76. The van der Waals surface area contributed by atoms with Crippen molar-refractivity contribution in [3.05, 3.63) is 0 Å². The summed E-state index contributed by atoms with van der Waals surface area (Å²) in [6, 6.07) is -0.0834. The Balaban J connectivity index is 2.07. The molecule has 0 saturated carbocycles. The zero-order valence-corrected chi connectivity index (χ0v) is 10.1. The molecule has 0 aliphatic carbocycles. The van der Waals surface area contributed by atoms with Gasteiger partial charge in [0, 0.05) is 19.6 Å². The van der Waals surface area contributed by atoms with Crippen molar-refractivity contribution >= 4 is 12.0 Å². The fourth-order valence-corrected chi connectivity index (χ4v) is 1.85. The Labute approximate surface area is 101 Å². The molecule has 1 heterocycles. The quantitative estimate of drug-likeness (QED) is 0.668. The standard InChI is InChI=1S/C11H20N2O4/c1-2-9-3-5-13(7-9)11(16)12-4-6-17-8-10(14)15/h9H,2-8H2,1H3,(H,12,16)(H,14,15). The van der Waals surface area contributed by atoms with Crippen LogP contribution in [0.15, 0.2) is 0 Å². The van der Waals surface area contributed by atoms with E-state index in [1.165, 1.54) is 0 Å². The summed E-state index contributed by atoms with van der Waals surface area (Å²) in [5, 5.41) is 11.0. The Bertz CT molecular complexity index is 270. The van der Waals surface area contributed by atoms with Gasteiger partial charge in [-0.25, -0.2) is 9.59 Å². The van der Waals surface area contributed by atoms with Gasteiger partial charge in [0.05, 0.1) is 6.61 Å². The Morgan fingerprint density at radius 1 is 1.53 bits per heavy atom. The lowest BCUT2D eigenvalue weighted by molar-refractivity contribution is -0.142. The fourth-order valence-electron chi connectivity index (χ4n) is 1.85. The molecule has 17 heavy (non-hydrogen) atoms. The second-order valence-electron chi connectivity index (χ2n) is 4.19. The molecule has 6 nitrogen and oxygen atoms in total. The summed E-state index contributed by atoms with van der Waals surface area (Å²) in [7, 11) is 0. The van der Waals surface area contributed by atoms with E-state index in [0.29, 0.717) is 12.5 Å². The summed E-state index contributed by atoms with van der Waals surface area (Å²) in [6.07, 6.45) is 2.17. The van der Waals surface area contributed by atoms with E-state index in [4.69, 9.17) is 9.84 Å². The van der Waals surface area contributed by atoms with Crippen molar-refractivity contribution in [2.75, 3.05) is 32.8 Å². The number of ether oxygens (including phenoxy) is 1. The van der Waals surface area contributed by atoms with Gasteiger partial charge in [-0.05, 0) is 12.3 Å². The van der Waals surface area contributed by atoms with E-state index >= 15 is 0 Å². The van der Waals surface area contributed by atoms with Gasteiger partial charge in [-0.15, -0.1) is 0 Å². The van der Waals surface area contributed by atoms with E-state index < -0.39 is 5.97 Å². The van der Waals surface area contributed by atoms with Crippen molar-refractivity contribution in [3.63, 3.8) is 0 Å². The molecule has 0 aromatic heterocycles. The highest BCUT2D eigenvalue weighted by atomic mass is 16.5. The molecule has 1 unspecified atom stereocenters. The largest absolute Gasteiger partial charge is 0.480 e. The van der Waals surface area contributed by atoms with Gasteiger partial charge in [0.2, 0.25) is 0 Å². The normalized spacial score (nSPS) is 19.4. The summed E-state index contributed by atoms with van der Waals surface area (Å²) >= 11 is 0. The number of aliphatic carboxylic acids is 1. The molecule has 0 aromatic carbocycles. The smallest absolute Gasteiger partial charge is 0.329 e. The maximum absolute atomic E-state index is 11.6. The topological polar surface area (TPSA) is 78.9 Å². The van der Waals surface area contributed by atoms with E-state index in [-0.39, 0.29) is 19.2 Å². The number of likely N-dealkylation sites (tertiary alicyclic amines) is 1. The Morgan fingerprint density at radius 3 is 2.88 bits per heavy atom. The SMILES string of the molecule is CCC1CCN(C(=O)NCCOCC(=O)O)C1. The minimum atomic E-state index is -0.998. The van der Waals surface area contributed by atoms with Gasteiger partial charge in [-0.3, -0.25) is 0 Å². The van der Waals surface area contributed by atoms with E-state index in [2.05, 4.69) is 12.2 Å². The zero-order chi connectivity index (χ0) is 12.7. The second-order valence-corrected chi connectivity index (χ2v) is 4.19. The highest BCUT2D eigenvalue weighted by Gasteiger charge is 2.24. The van der Waals surface area contributed by atoms with Crippen LogP contribution in [0, 0.1) is 5.92 Å². The van der Waals surface area contributed by atoms with Crippen LogP contribution in [0.1, 0.15) is 19.8 Å². The Kier molecular flexibility index (Phi) is 5.76. The third-order valence-corrected chi connectivity index (χ3v) is 2.90. The van der Waals surface area contributed by atoms with Crippen LogP contribution in [-0.2, 0) is 9.53 Å². The van der Waals surface area contributed by atoms with Crippen LogP contribution in [0.3, 0.4) is 0 Å². The Morgan fingerprint density at radius 2 is 2.29 bits per heavy atom. The minimum Gasteiger partial charge on any atom is -0.480 e. The molecule has 2 N–H and O–H groups in total. The van der Waals surface area contributed by atoms with E-state index in [1.54, 1.807) is 4.90 Å². The second kappa shape index (κ2) is 7.11. The Hall–Kier alpha value is -1.30. The zero-order valence-electron chi connectivity index (χ0n) is 10.1. The van der Waals surface area contributed by atoms with Crippen LogP contribution in [0.25, 0.3) is 0 Å². The maximum atomic E-state index is 11.6. The molecule has 2 amide bonds. The van der Waals surface area contributed by atoms with Crippen molar-refractivity contribution in [1.82, 2.24) is 10.2 Å². The van der Waals surface area contributed by atoms with E-state index in [1.807, 2.05) is 0 Å². The van der Waals surface area contributed by atoms with Crippen LogP contribution in [-0.4, -0.2) is 54.9 Å². The lowest BCUT2D eigenvalue weighted by atomic mass is 10.1. The van der Waals surface area contributed by atoms with Crippen molar-refractivity contribution in [3.8, 4) is 0 Å². The van der Waals surface area contributed by atoms with Crippen molar-refractivity contribution in [1.29, 1.82) is 0 Å². The van der Waals surface area contributed by atoms with Crippen molar-refractivity contribution in [2.24, 2.45) is 5.92 Å². The van der Waals surface area contributed by atoms with Gasteiger partial charge >= 0.3 is 12.0 Å². The molecule has 0 bridgehead atoms. The van der Waals surface area contributed by atoms with Crippen molar-refractivity contribution in [2.45, 2.75) is 19.8 Å². The third-order valence-electron chi connectivity index (χ3n) is 2.90. The fraction of sp³-hybridized carbons (Fsp3) is 0.818. The molecule has 1 fully saturated rings. The molecule has 0 spiro atoms. The molecule has 0 radical (unpaired) electrons. The minimum absolute atomic E-state index is 0.0834. The molecule has 6 heteroatoms. The number of urea groups is 1. The molecule has 1 rings (SSSR count). The molecule has 1 aliphatic rings. The van der Waals surface area contributed by atoms with Crippen LogP contribution < -0.4 is 5.32 Å². The highest BCUT2D eigenvalue weighted by molar-refractivity contribution is 5.74. The van der Waals surface area contributed by atoms with Crippen LogP contribution in [0.5, 0.6) is 0 Å². The van der Waals surface area contributed by atoms with Crippen molar-refractivity contribution < 1.29 is 19.4 Å². The number of nitrogens with zero attached hydrogens (tertiary/aromatic N) is 1. The van der Waals surface area contributed by atoms with Gasteiger partial charge in [0.25, 0.3) is 0 Å². The molecular weight excluding hydrogens is 224 g/mol. The van der Waals surface area contributed by atoms with Gasteiger partial charge in [-0.2, -0.15) is 0 Å². The number of carboxylic acid groups (broad SMARTS) is 1. The van der Waals surface area contributed by atoms with Crippen LogP contribution in [0.2, 0.25) is 0 Å². The lowest BCUT2D eigenvalue weighted by Gasteiger charge is -2.17. The first-order valence-electron chi connectivity index (χ1n) is 5.95. The number of carbonyl (C=O) groups excluding carboxylic acids is 1. The van der Waals surface area contributed by atoms with Crippen LogP contribution in [0.4, 0.5) is 4.79 Å².